The molecular weight excluding hydrogens is 1380 g/mol. The van der Waals surface area contributed by atoms with Crippen LogP contribution in [-0.4, -0.2) is 320 Å². The van der Waals surface area contributed by atoms with Crippen LogP contribution in [0.25, 0.3) is 0 Å². The Bertz CT molecular complexity index is 2690. The van der Waals surface area contributed by atoms with Gasteiger partial charge in [0.2, 0.25) is 47.3 Å². The Hall–Kier alpha value is -5.66. The number of ether oxygens (including phenoxy) is 10. The number of hydrogen-bond acceptors (Lipinski definition) is 29. The molecule has 5 aliphatic rings. The van der Waals surface area contributed by atoms with E-state index in [4.69, 9.17) is 47.4 Å². The number of amides is 8. The van der Waals surface area contributed by atoms with Crippen molar-refractivity contribution in [2.75, 3.05) is 105 Å². The number of aliphatic hydroxyl groups excluding tert-OH is 7. The Morgan fingerprint density at radius 3 is 1.66 bits per heavy atom. The van der Waals surface area contributed by atoms with Crippen molar-refractivity contribution in [3.63, 3.8) is 0 Å². The Labute approximate surface area is 605 Å². The zero-order chi connectivity index (χ0) is 76.4. The first-order valence-corrected chi connectivity index (χ1v) is 36.2. The van der Waals surface area contributed by atoms with E-state index < -0.39 is 164 Å². The van der Waals surface area contributed by atoms with Crippen molar-refractivity contribution in [3.8, 4) is 0 Å². The standard InChI is InChI=1S/C67H115N9O28/c1-39(2)101-45-17-16-43(34-45)75-51(85)15-13-11-9-7-6-8-10-12-14-44(83)35-71-46(60(91)69-23-26-96-29-32-99-63-54(73-41(4)81)58(90)56(88)49(37-78)103-63)18-21-52(86)76-47(61(92)70-24-27-97-30-33-100-64-59(74-42(5)82)67(94)65(93)66(67,38-79)104-64)19-20-50(84)68-22-25-95-28-31-98-62-53(72-40(3)80)57(89)55(87)48(36-77)102-62/h39,43,45-49,53-57,59,62-65,71,77-79,87-89,93-94H,6-38H2,1-5H3,(H,68,84)(H,69,91)(H,70,92)(H,72,80)(H,73,81)(H,74,82)(H,75,85)(H,76,86)/t43-,45+,46?,47?,48?,49?,53?,54?,55?,56?,57?,59?,62?,63?,64?,65?,66?,67?/m1/s1. The molecule has 8 amide bonds. The number of nitrogens with one attached hydrogen (secondary N) is 9. The van der Waals surface area contributed by atoms with Crippen molar-refractivity contribution in [1.29, 1.82) is 0 Å². The van der Waals surface area contributed by atoms with Crippen LogP contribution in [-0.2, 0) is 95.3 Å². The Balaban J connectivity index is 1.11. The van der Waals surface area contributed by atoms with Gasteiger partial charge in [0.1, 0.15) is 66.6 Å². The summed E-state index contributed by atoms with van der Waals surface area (Å²) in [5, 5.41) is 106. The largest absolute Gasteiger partial charge is 0.394 e. The van der Waals surface area contributed by atoms with Crippen molar-refractivity contribution >= 4 is 58.8 Å². The van der Waals surface area contributed by atoms with E-state index in [0.717, 1.165) is 71.1 Å². The molecule has 2 aliphatic carbocycles. The maximum absolute atomic E-state index is 13.8. The Kier molecular flexibility index (Phi) is 39.8. The molecule has 37 nitrogen and oxygen atoms in total. The van der Waals surface area contributed by atoms with Crippen LogP contribution in [0.2, 0.25) is 0 Å². The highest BCUT2D eigenvalue weighted by Crippen LogP contribution is 2.59. The smallest absolute Gasteiger partial charge is 0.242 e. The second-order valence-corrected chi connectivity index (χ2v) is 26.9. The minimum atomic E-state index is -2.00. The highest BCUT2D eigenvalue weighted by Gasteiger charge is 2.87. The zero-order valence-electron chi connectivity index (χ0n) is 60.4. The first-order chi connectivity index (χ1) is 49.7. The molecule has 104 heavy (non-hydrogen) atoms. The van der Waals surface area contributed by atoms with Gasteiger partial charge < -0.3 is 131 Å². The van der Waals surface area contributed by atoms with E-state index in [2.05, 4.69) is 47.9 Å². The van der Waals surface area contributed by atoms with Gasteiger partial charge in [0, 0.05) is 72.1 Å². The summed E-state index contributed by atoms with van der Waals surface area (Å²) in [6, 6.07) is -6.04. The Morgan fingerprint density at radius 2 is 1.09 bits per heavy atom. The monoisotopic (exact) mass is 1490 g/mol. The lowest BCUT2D eigenvalue weighted by Gasteiger charge is -2.42. The van der Waals surface area contributed by atoms with Gasteiger partial charge in [-0.3, -0.25) is 53.3 Å². The summed E-state index contributed by atoms with van der Waals surface area (Å²) in [7, 11) is 0. The van der Waals surface area contributed by atoms with Crippen LogP contribution in [0.3, 0.4) is 0 Å². The van der Waals surface area contributed by atoms with Crippen LogP contribution in [0.4, 0.5) is 0 Å². The summed E-state index contributed by atoms with van der Waals surface area (Å²) in [6.45, 7) is 4.15. The Morgan fingerprint density at radius 1 is 0.558 bits per heavy atom. The molecule has 0 aromatic carbocycles. The number of fused-ring (bicyclic) bond motifs is 1. The van der Waals surface area contributed by atoms with E-state index in [9.17, 15) is 88.8 Å². The topological polar surface area (TPSA) is 533 Å². The first kappa shape index (κ1) is 89.0. The average Bonchev–Trinajstić information content (AvgIpc) is 1.48. The maximum Gasteiger partial charge on any atom is 0.242 e. The lowest BCUT2D eigenvalue weighted by Crippen LogP contribution is -2.64. The van der Waals surface area contributed by atoms with E-state index in [0.29, 0.717) is 12.8 Å². The quantitative estimate of drug-likeness (QED) is 0.0252. The fourth-order valence-electron chi connectivity index (χ4n) is 12.8. The molecule has 5 fully saturated rings. The number of ketones is 2. The number of Topliss-reactive ketones (excluding diaryl/α,β-unsaturated/α-hetero) is 2. The molecule has 0 aromatic rings. The van der Waals surface area contributed by atoms with Gasteiger partial charge in [-0.25, -0.2) is 0 Å². The number of unbranched alkanes of at least 4 members (excludes halogenated alkanes) is 7. The van der Waals surface area contributed by atoms with E-state index in [1.54, 1.807) is 0 Å². The van der Waals surface area contributed by atoms with Gasteiger partial charge in [0.25, 0.3) is 0 Å². The third-order valence-electron chi connectivity index (χ3n) is 18.3. The van der Waals surface area contributed by atoms with Crippen molar-refractivity contribution in [3.05, 3.63) is 0 Å². The van der Waals surface area contributed by atoms with Crippen LogP contribution in [0.15, 0.2) is 0 Å². The molecule has 3 heterocycles. The van der Waals surface area contributed by atoms with Gasteiger partial charge in [-0.2, -0.15) is 0 Å². The highest BCUT2D eigenvalue weighted by atomic mass is 16.7. The predicted molar refractivity (Wildman–Crippen MR) is 361 cm³/mol. The molecule has 3 aliphatic heterocycles. The lowest BCUT2D eigenvalue weighted by molar-refractivity contribution is -0.272. The molecule has 17 N–H and O–H groups in total. The lowest BCUT2D eigenvalue weighted by atomic mass is 9.97. The number of rotatable bonds is 53. The van der Waals surface area contributed by atoms with Crippen LogP contribution >= 0.6 is 0 Å². The van der Waals surface area contributed by atoms with E-state index in [1.165, 1.54) is 13.8 Å². The molecule has 0 radical (unpaired) electrons. The molecule has 0 bridgehead atoms. The zero-order valence-corrected chi connectivity index (χ0v) is 60.4. The SMILES string of the molecule is CC(=O)NC1C(=O)C(O)C(CO)OC1OCCOCCNC(=O)C(CCC(=O)NC(CCC(=O)NCCOCCOC1OC(CO)C(O)C(O)C1NC(C)=O)C(=O)NCCOCCOC1OC2(CO)C(O)C2(O)C1NC(C)=O)NCC(=O)CCCCCCCCCCC(=O)N[C@@H]1CC[C@H](OC(C)C)C1. The average molecular weight is 1490 g/mol. The predicted octanol–water partition coefficient (Wildman–Crippen LogP) is -5.84. The highest BCUT2D eigenvalue weighted by molar-refractivity contribution is 5.93. The van der Waals surface area contributed by atoms with Crippen molar-refractivity contribution in [2.45, 2.75) is 259 Å². The minimum Gasteiger partial charge on any atom is -0.394 e. The van der Waals surface area contributed by atoms with Gasteiger partial charge in [-0.1, -0.05) is 38.5 Å². The summed E-state index contributed by atoms with van der Waals surface area (Å²) in [5.41, 5.74) is -3.75. The van der Waals surface area contributed by atoms with Crippen molar-refractivity contribution in [2.24, 2.45) is 0 Å². The third kappa shape index (κ3) is 28.8. The summed E-state index contributed by atoms with van der Waals surface area (Å²) in [4.78, 5) is 129. The van der Waals surface area contributed by atoms with Crippen LogP contribution in [0.1, 0.15) is 144 Å². The summed E-state index contributed by atoms with van der Waals surface area (Å²) >= 11 is 0. The molecule has 37 heteroatoms. The number of hydrogen-bond donors (Lipinski definition) is 17. The minimum absolute atomic E-state index is 0.0126. The van der Waals surface area contributed by atoms with E-state index >= 15 is 0 Å². The van der Waals surface area contributed by atoms with Gasteiger partial charge in [0.05, 0.1) is 104 Å². The molecule has 3 saturated heterocycles. The van der Waals surface area contributed by atoms with Gasteiger partial charge >= 0.3 is 0 Å². The van der Waals surface area contributed by atoms with E-state index in [-0.39, 0.29) is 148 Å². The molecule has 0 spiro atoms. The summed E-state index contributed by atoms with van der Waals surface area (Å²) < 4.78 is 56.3. The number of carbonyl (C=O) groups excluding carboxylic acids is 10. The normalized spacial score (nSPS) is 28.4. The maximum atomic E-state index is 13.8. The third-order valence-corrected chi connectivity index (χ3v) is 18.3. The molecule has 2 saturated carbocycles. The van der Waals surface area contributed by atoms with Gasteiger partial charge in [0.15, 0.2) is 35.9 Å². The molecule has 0 aromatic heterocycles. The molecule has 5 rings (SSSR count). The summed E-state index contributed by atoms with van der Waals surface area (Å²) in [5.74, 6) is -5.16. The molecule has 596 valence electrons. The van der Waals surface area contributed by atoms with Crippen LogP contribution < -0.4 is 47.9 Å². The fraction of sp³-hybridized carbons (Fsp3) is 0.851. The molecule has 16 unspecified atom stereocenters. The van der Waals surface area contributed by atoms with Crippen molar-refractivity contribution < 1.29 is 136 Å². The number of aliphatic hydroxyl groups is 8. The van der Waals surface area contributed by atoms with Crippen LogP contribution in [0.5, 0.6) is 0 Å². The molecule has 18 atom stereocenters. The van der Waals surface area contributed by atoms with E-state index in [1.807, 2.05) is 13.8 Å². The first-order valence-electron chi connectivity index (χ1n) is 36.2. The number of carbonyl (C=O) groups is 10. The van der Waals surface area contributed by atoms with Gasteiger partial charge in [-0.15, -0.1) is 0 Å². The second kappa shape index (κ2) is 46.5. The second-order valence-electron chi connectivity index (χ2n) is 26.9. The van der Waals surface area contributed by atoms with Crippen molar-refractivity contribution in [1.82, 2.24) is 47.9 Å². The van der Waals surface area contributed by atoms with Crippen LogP contribution in [0, 0.1) is 0 Å². The molecular formula is C67H115N9O28. The van der Waals surface area contributed by atoms with Gasteiger partial charge in [-0.05, 0) is 58.8 Å². The fourth-order valence-corrected chi connectivity index (χ4v) is 12.8. The summed E-state index contributed by atoms with van der Waals surface area (Å²) in [6.07, 6.45) is -2.86.